The molecule has 0 aromatic heterocycles. The maximum absolute atomic E-state index is 12.5. The van der Waals surface area contributed by atoms with Gasteiger partial charge in [0.2, 0.25) is 11.8 Å². The zero-order chi connectivity index (χ0) is 20.1. The average molecular weight is 388 g/mol. The smallest absolute Gasteiger partial charge is 0.255 e. The lowest BCUT2D eigenvalue weighted by atomic mass is 9.94. The Morgan fingerprint density at radius 1 is 1.29 bits per heavy atom. The van der Waals surface area contributed by atoms with Crippen LogP contribution in [0.25, 0.3) is 0 Å². The minimum atomic E-state index is -0.645. The van der Waals surface area contributed by atoms with Crippen LogP contribution in [0.1, 0.15) is 29.6 Å². The molecule has 2 heterocycles. The Hall–Kier alpha value is -2.61. The van der Waals surface area contributed by atoms with Crippen LogP contribution >= 0.6 is 0 Å². The van der Waals surface area contributed by atoms with Crippen LogP contribution in [0.2, 0.25) is 0 Å². The van der Waals surface area contributed by atoms with Gasteiger partial charge in [-0.3, -0.25) is 14.4 Å². The Morgan fingerprint density at radius 2 is 2.07 bits per heavy atom. The Morgan fingerprint density at radius 3 is 2.86 bits per heavy atom. The van der Waals surface area contributed by atoms with Gasteiger partial charge in [0.15, 0.2) is 0 Å². The van der Waals surface area contributed by atoms with Crippen molar-refractivity contribution in [1.29, 1.82) is 0 Å². The highest BCUT2D eigenvalue weighted by Gasteiger charge is 2.40. The first kappa shape index (κ1) is 20.1. The van der Waals surface area contributed by atoms with Gasteiger partial charge in [0, 0.05) is 32.5 Å². The number of carbonyl (C=O) groups excluding carboxylic acids is 3. The molecular formula is C20H28N4O4. The molecule has 152 valence electrons. The van der Waals surface area contributed by atoms with Crippen molar-refractivity contribution in [2.45, 2.75) is 24.9 Å². The molecule has 1 spiro atoms. The SMILES string of the molecule is CN(C)CCNC(=O)CN1CC[C@]2(CCC1=O)CNC(=O)c1ccccc1O2. The molecule has 28 heavy (non-hydrogen) atoms. The van der Waals surface area contributed by atoms with Crippen LogP contribution < -0.4 is 15.4 Å². The number of ether oxygens (including phenoxy) is 1. The van der Waals surface area contributed by atoms with E-state index in [1.54, 1.807) is 23.1 Å². The summed E-state index contributed by atoms with van der Waals surface area (Å²) in [6.45, 7) is 2.10. The summed E-state index contributed by atoms with van der Waals surface area (Å²) >= 11 is 0. The molecule has 3 rings (SSSR count). The van der Waals surface area contributed by atoms with E-state index in [2.05, 4.69) is 10.6 Å². The van der Waals surface area contributed by atoms with Crippen LogP contribution in [-0.2, 0) is 9.59 Å². The van der Waals surface area contributed by atoms with Gasteiger partial charge >= 0.3 is 0 Å². The van der Waals surface area contributed by atoms with Gasteiger partial charge in [0.25, 0.3) is 5.91 Å². The first-order chi connectivity index (χ1) is 13.4. The molecule has 1 fully saturated rings. The van der Waals surface area contributed by atoms with Crippen molar-refractivity contribution in [2.24, 2.45) is 0 Å². The Labute approximate surface area is 165 Å². The number of benzene rings is 1. The summed E-state index contributed by atoms with van der Waals surface area (Å²) in [5.74, 6) is 0.152. The van der Waals surface area contributed by atoms with E-state index in [4.69, 9.17) is 4.74 Å². The monoisotopic (exact) mass is 388 g/mol. The first-order valence-electron chi connectivity index (χ1n) is 9.64. The fourth-order valence-corrected chi connectivity index (χ4v) is 3.52. The normalized spacial score (nSPS) is 22.2. The molecule has 2 aliphatic heterocycles. The highest BCUT2D eigenvalue weighted by atomic mass is 16.5. The summed E-state index contributed by atoms with van der Waals surface area (Å²) in [7, 11) is 3.88. The third kappa shape index (κ3) is 4.81. The van der Waals surface area contributed by atoms with Crippen LogP contribution in [-0.4, -0.2) is 79.9 Å². The molecule has 1 aromatic carbocycles. The number of likely N-dealkylation sites (N-methyl/N-ethyl adjacent to an activating group) is 1. The number of para-hydroxylation sites is 1. The molecule has 2 N–H and O–H groups in total. The van der Waals surface area contributed by atoms with Gasteiger partial charge in [0.1, 0.15) is 11.4 Å². The topological polar surface area (TPSA) is 91.0 Å². The Kier molecular flexibility index (Phi) is 6.18. The summed E-state index contributed by atoms with van der Waals surface area (Å²) in [6.07, 6.45) is 1.33. The molecule has 0 bridgehead atoms. The molecule has 0 unspecified atom stereocenters. The van der Waals surface area contributed by atoms with E-state index in [9.17, 15) is 14.4 Å². The fourth-order valence-electron chi connectivity index (χ4n) is 3.52. The van der Waals surface area contributed by atoms with Crippen molar-refractivity contribution in [2.75, 3.05) is 46.8 Å². The van der Waals surface area contributed by atoms with Crippen LogP contribution in [0.5, 0.6) is 5.75 Å². The number of nitrogens with zero attached hydrogens (tertiary/aromatic N) is 2. The lowest BCUT2D eigenvalue weighted by molar-refractivity contribution is -0.135. The molecule has 2 aliphatic rings. The fraction of sp³-hybridized carbons (Fsp3) is 0.550. The maximum Gasteiger partial charge on any atom is 0.255 e. The second kappa shape index (κ2) is 8.60. The third-order valence-corrected chi connectivity index (χ3v) is 5.23. The second-order valence-electron chi connectivity index (χ2n) is 7.68. The lowest BCUT2D eigenvalue weighted by Gasteiger charge is -2.32. The Balaban J connectivity index is 1.64. The third-order valence-electron chi connectivity index (χ3n) is 5.23. The van der Waals surface area contributed by atoms with Gasteiger partial charge in [-0.25, -0.2) is 0 Å². The van der Waals surface area contributed by atoms with Crippen LogP contribution in [0.3, 0.4) is 0 Å². The summed E-state index contributed by atoms with van der Waals surface area (Å²) in [4.78, 5) is 40.6. The number of nitrogens with one attached hydrogen (secondary N) is 2. The number of hydrogen-bond acceptors (Lipinski definition) is 5. The van der Waals surface area contributed by atoms with E-state index in [1.807, 2.05) is 25.1 Å². The van der Waals surface area contributed by atoms with Crippen molar-refractivity contribution < 1.29 is 19.1 Å². The number of amides is 3. The number of carbonyl (C=O) groups is 3. The Bertz CT molecular complexity index is 751. The number of likely N-dealkylation sites (tertiary alicyclic amines) is 1. The summed E-state index contributed by atoms with van der Waals surface area (Å²) in [6, 6.07) is 7.14. The summed E-state index contributed by atoms with van der Waals surface area (Å²) in [5, 5.41) is 5.76. The highest BCUT2D eigenvalue weighted by Crippen LogP contribution is 2.33. The maximum atomic E-state index is 12.5. The predicted molar refractivity (Wildman–Crippen MR) is 104 cm³/mol. The minimum absolute atomic E-state index is 0.0469. The van der Waals surface area contributed by atoms with Crippen LogP contribution in [0.15, 0.2) is 24.3 Å². The van der Waals surface area contributed by atoms with Crippen LogP contribution in [0.4, 0.5) is 0 Å². The minimum Gasteiger partial charge on any atom is -0.485 e. The summed E-state index contributed by atoms with van der Waals surface area (Å²) < 4.78 is 6.26. The zero-order valence-electron chi connectivity index (χ0n) is 16.5. The molecule has 0 radical (unpaired) electrons. The van der Waals surface area contributed by atoms with Crippen LogP contribution in [0, 0.1) is 0 Å². The van der Waals surface area contributed by atoms with Crippen molar-refractivity contribution in [3.05, 3.63) is 29.8 Å². The van der Waals surface area contributed by atoms with E-state index < -0.39 is 5.60 Å². The van der Waals surface area contributed by atoms with Gasteiger partial charge < -0.3 is 25.2 Å². The molecule has 1 saturated heterocycles. The van der Waals surface area contributed by atoms with E-state index in [0.717, 1.165) is 6.54 Å². The van der Waals surface area contributed by atoms with E-state index in [1.165, 1.54) is 0 Å². The number of fused-ring (bicyclic) bond motifs is 1. The highest BCUT2D eigenvalue weighted by molar-refractivity contribution is 5.97. The lowest BCUT2D eigenvalue weighted by Crippen LogP contribution is -2.46. The quantitative estimate of drug-likeness (QED) is 0.754. The molecule has 8 nitrogen and oxygen atoms in total. The molecular weight excluding hydrogens is 360 g/mol. The number of rotatable bonds is 5. The van der Waals surface area contributed by atoms with Crippen molar-refractivity contribution in [3.8, 4) is 5.75 Å². The van der Waals surface area contributed by atoms with E-state index in [-0.39, 0.29) is 30.7 Å². The molecule has 3 amide bonds. The molecule has 1 aromatic rings. The average Bonchev–Trinajstić information content (AvgIpc) is 2.90. The molecule has 0 aliphatic carbocycles. The van der Waals surface area contributed by atoms with Crippen molar-refractivity contribution in [1.82, 2.24) is 20.4 Å². The second-order valence-corrected chi connectivity index (χ2v) is 7.68. The first-order valence-corrected chi connectivity index (χ1v) is 9.64. The van der Waals surface area contributed by atoms with Gasteiger partial charge in [-0.1, -0.05) is 12.1 Å². The van der Waals surface area contributed by atoms with E-state index >= 15 is 0 Å². The summed E-state index contributed by atoms with van der Waals surface area (Å²) in [5.41, 5.74) is -0.138. The molecule has 0 saturated carbocycles. The predicted octanol–water partition coefficient (Wildman–Crippen LogP) is 0.238. The van der Waals surface area contributed by atoms with Gasteiger partial charge in [-0.05, 0) is 32.6 Å². The van der Waals surface area contributed by atoms with Gasteiger partial charge in [-0.2, -0.15) is 0 Å². The molecule has 8 heteroatoms. The van der Waals surface area contributed by atoms with Crippen molar-refractivity contribution in [3.63, 3.8) is 0 Å². The standard InChI is InChI=1S/C20H28N4O4/c1-23(2)12-10-21-17(25)13-24-11-9-20(8-7-18(24)26)14-22-19(27)15-5-3-4-6-16(15)28-20/h3-6H,7-14H2,1-2H3,(H,21,25)(H,22,27)/t20-/m1/s1. The van der Waals surface area contributed by atoms with Gasteiger partial charge in [-0.15, -0.1) is 0 Å². The van der Waals surface area contributed by atoms with Crippen molar-refractivity contribution >= 4 is 17.7 Å². The van der Waals surface area contributed by atoms with Gasteiger partial charge in [0.05, 0.1) is 18.7 Å². The zero-order valence-corrected chi connectivity index (χ0v) is 16.5. The number of hydrogen-bond donors (Lipinski definition) is 2. The largest absolute Gasteiger partial charge is 0.485 e. The van der Waals surface area contributed by atoms with E-state index in [0.29, 0.717) is 43.8 Å². The molecule has 1 atom stereocenters.